The third-order valence-electron chi connectivity index (χ3n) is 2.30. The molecular weight excluding hydrogens is 268 g/mol. The fourth-order valence-corrected chi connectivity index (χ4v) is 1.54. The Labute approximate surface area is 113 Å². The fourth-order valence-electron chi connectivity index (χ4n) is 1.54. The fraction of sp³-hybridized carbons (Fsp3) is 0.154. The minimum atomic E-state index is -1.24. The largest absolute Gasteiger partial charge is 0.478 e. The van der Waals surface area contributed by atoms with Crippen molar-refractivity contribution in [2.24, 2.45) is 0 Å². The van der Waals surface area contributed by atoms with Crippen LogP contribution in [0, 0.1) is 34.3 Å². The first kappa shape index (κ1) is 15.1. The van der Waals surface area contributed by atoms with Crippen molar-refractivity contribution in [3.05, 3.63) is 35.4 Å². The third-order valence-corrected chi connectivity index (χ3v) is 2.30. The summed E-state index contributed by atoms with van der Waals surface area (Å²) >= 11 is 0. The number of halogens is 2. The molecule has 1 aromatic rings. The lowest BCUT2D eigenvalue weighted by Gasteiger charge is -2.19. The lowest BCUT2D eigenvalue weighted by molar-refractivity contribution is -0.131. The number of nitriles is 2. The smallest absolute Gasteiger partial charge is 0.328 e. The molecule has 0 aromatic heterocycles. The van der Waals surface area contributed by atoms with Crippen LogP contribution in [-0.4, -0.2) is 24.2 Å². The summed E-state index contributed by atoms with van der Waals surface area (Å²) in [5.74, 6) is -3.19. The van der Waals surface area contributed by atoms with E-state index in [0.29, 0.717) is 0 Å². The average Bonchev–Trinajstić information content (AvgIpc) is 2.36. The molecule has 102 valence electrons. The molecule has 0 aliphatic rings. The molecule has 0 atom stereocenters. The Bertz CT molecular complexity index is 590. The lowest BCUT2D eigenvalue weighted by atomic mass is 10.1. The van der Waals surface area contributed by atoms with Crippen LogP contribution in [0.5, 0.6) is 0 Å². The molecule has 0 fully saturated rings. The molecule has 0 spiro atoms. The van der Waals surface area contributed by atoms with E-state index in [4.69, 9.17) is 15.6 Å². The van der Waals surface area contributed by atoms with Crippen molar-refractivity contribution >= 4 is 17.7 Å². The average molecular weight is 277 g/mol. The predicted molar refractivity (Wildman–Crippen MR) is 66.5 cm³/mol. The topological polar surface area (TPSA) is 88.1 Å². The first-order valence-electron chi connectivity index (χ1n) is 5.38. The van der Waals surface area contributed by atoms with E-state index in [1.54, 1.807) is 12.1 Å². The summed E-state index contributed by atoms with van der Waals surface area (Å²) in [6.07, 6.45) is 1.79. The van der Waals surface area contributed by atoms with Crippen molar-refractivity contribution in [3.63, 3.8) is 0 Å². The maximum absolute atomic E-state index is 13.9. The van der Waals surface area contributed by atoms with Gasteiger partial charge in [-0.3, -0.25) is 0 Å². The van der Waals surface area contributed by atoms with Crippen LogP contribution in [0.1, 0.15) is 5.56 Å². The second-order valence-electron chi connectivity index (χ2n) is 3.68. The van der Waals surface area contributed by atoms with E-state index in [-0.39, 0.29) is 18.7 Å². The highest BCUT2D eigenvalue weighted by molar-refractivity contribution is 5.85. The van der Waals surface area contributed by atoms with Gasteiger partial charge in [-0.05, 0) is 23.8 Å². The van der Waals surface area contributed by atoms with Crippen LogP contribution < -0.4 is 4.90 Å². The van der Waals surface area contributed by atoms with Crippen LogP contribution in [-0.2, 0) is 4.79 Å². The summed E-state index contributed by atoms with van der Waals surface area (Å²) in [5.41, 5.74) is -0.458. The quantitative estimate of drug-likeness (QED) is 0.656. The molecule has 1 aromatic carbocycles. The van der Waals surface area contributed by atoms with Crippen molar-refractivity contribution in [2.75, 3.05) is 18.0 Å². The van der Waals surface area contributed by atoms with E-state index in [9.17, 15) is 13.6 Å². The van der Waals surface area contributed by atoms with E-state index in [0.717, 1.165) is 29.2 Å². The zero-order valence-electron chi connectivity index (χ0n) is 10.2. The van der Waals surface area contributed by atoms with Crippen LogP contribution in [0.3, 0.4) is 0 Å². The van der Waals surface area contributed by atoms with Gasteiger partial charge in [0.25, 0.3) is 0 Å². The maximum atomic E-state index is 13.9. The van der Waals surface area contributed by atoms with Gasteiger partial charge in [0.1, 0.15) is 30.4 Å². The number of carbonyl (C=O) groups is 1. The molecule has 0 radical (unpaired) electrons. The van der Waals surface area contributed by atoms with Gasteiger partial charge in [-0.1, -0.05) is 0 Å². The van der Waals surface area contributed by atoms with Crippen molar-refractivity contribution < 1.29 is 18.7 Å². The van der Waals surface area contributed by atoms with Crippen LogP contribution in [0.25, 0.3) is 6.08 Å². The van der Waals surface area contributed by atoms with Gasteiger partial charge in [-0.2, -0.15) is 10.5 Å². The Kier molecular flexibility index (Phi) is 5.19. The van der Waals surface area contributed by atoms with Gasteiger partial charge in [0.15, 0.2) is 0 Å². The van der Waals surface area contributed by atoms with Gasteiger partial charge in [-0.15, -0.1) is 0 Å². The zero-order valence-corrected chi connectivity index (χ0v) is 10.2. The van der Waals surface area contributed by atoms with Gasteiger partial charge >= 0.3 is 5.97 Å². The first-order chi connectivity index (χ1) is 9.49. The van der Waals surface area contributed by atoms with E-state index in [2.05, 4.69) is 0 Å². The van der Waals surface area contributed by atoms with Gasteiger partial charge in [0.05, 0.1) is 12.1 Å². The maximum Gasteiger partial charge on any atom is 0.328 e. The molecule has 7 heteroatoms. The van der Waals surface area contributed by atoms with Crippen LogP contribution in [0.4, 0.5) is 14.5 Å². The molecule has 0 saturated carbocycles. The minimum absolute atomic E-state index is 0.0278. The van der Waals surface area contributed by atoms with Gasteiger partial charge in [0.2, 0.25) is 0 Å². The lowest BCUT2D eigenvalue weighted by Crippen LogP contribution is -2.26. The Hall–Kier alpha value is -2.93. The Morgan fingerprint density at radius 2 is 1.75 bits per heavy atom. The summed E-state index contributed by atoms with van der Waals surface area (Å²) in [7, 11) is 0. The monoisotopic (exact) mass is 277 g/mol. The molecule has 0 unspecified atom stereocenters. The minimum Gasteiger partial charge on any atom is -0.478 e. The van der Waals surface area contributed by atoms with E-state index in [1.807, 2.05) is 0 Å². The molecule has 0 aliphatic carbocycles. The normalized spacial score (nSPS) is 10.0. The predicted octanol–water partition coefficient (Wildman–Crippen LogP) is 1.92. The molecule has 0 bridgehead atoms. The van der Waals surface area contributed by atoms with Crippen molar-refractivity contribution in [2.45, 2.75) is 0 Å². The molecule has 0 amide bonds. The zero-order chi connectivity index (χ0) is 15.1. The Morgan fingerprint density at radius 1 is 1.25 bits per heavy atom. The number of hydrogen-bond donors (Lipinski definition) is 1. The highest BCUT2D eigenvalue weighted by Crippen LogP contribution is 2.25. The number of hydrogen-bond acceptors (Lipinski definition) is 4. The van der Waals surface area contributed by atoms with Crippen molar-refractivity contribution in [1.82, 2.24) is 0 Å². The second-order valence-corrected chi connectivity index (χ2v) is 3.68. The Morgan fingerprint density at radius 3 is 2.15 bits per heavy atom. The standard InChI is InChI=1S/C13H9F2N3O2/c14-10-7-9(1-2-12(19)20)8-11(15)13(10)18(5-3-16)6-4-17/h1-2,7-8H,5-6H2,(H,19,20). The molecule has 0 saturated heterocycles. The first-order valence-corrected chi connectivity index (χ1v) is 5.38. The molecule has 20 heavy (non-hydrogen) atoms. The molecule has 1 N–H and O–H groups in total. The number of nitrogens with zero attached hydrogens (tertiary/aromatic N) is 3. The molecule has 5 nitrogen and oxygen atoms in total. The van der Waals surface area contributed by atoms with E-state index >= 15 is 0 Å². The van der Waals surface area contributed by atoms with E-state index < -0.39 is 23.3 Å². The Balaban J connectivity index is 3.20. The van der Waals surface area contributed by atoms with Crippen molar-refractivity contribution in [3.8, 4) is 12.1 Å². The van der Waals surface area contributed by atoms with Gasteiger partial charge in [-0.25, -0.2) is 13.6 Å². The van der Waals surface area contributed by atoms with E-state index in [1.165, 1.54) is 0 Å². The molecule has 0 aliphatic heterocycles. The molecule has 1 rings (SSSR count). The highest BCUT2D eigenvalue weighted by Gasteiger charge is 2.17. The SMILES string of the molecule is N#CCN(CC#N)c1c(F)cc(C=CC(=O)O)cc1F. The summed E-state index contributed by atoms with van der Waals surface area (Å²) in [6.45, 7) is -0.683. The second kappa shape index (κ2) is 6.86. The molecule has 0 heterocycles. The summed E-state index contributed by atoms with van der Waals surface area (Å²) in [4.78, 5) is 11.3. The number of rotatable bonds is 5. The van der Waals surface area contributed by atoms with Gasteiger partial charge in [0, 0.05) is 6.08 Å². The van der Waals surface area contributed by atoms with Crippen molar-refractivity contribution in [1.29, 1.82) is 10.5 Å². The highest BCUT2D eigenvalue weighted by atomic mass is 19.1. The molecular formula is C13H9F2N3O2. The number of aliphatic carboxylic acids is 1. The van der Waals surface area contributed by atoms with Crippen LogP contribution in [0.15, 0.2) is 18.2 Å². The third kappa shape index (κ3) is 3.79. The van der Waals surface area contributed by atoms with Gasteiger partial charge < -0.3 is 10.0 Å². The number of carboxylic acids is 1. The summed E-state index contributed by atoms with van der Waals surface area (Å²) in [5, 5.41) is 25.6. The summed E-state index contributed by atoms with van der Waals surface area (Å²) < 4.78 is 27.7. The number of carboxylic acid groups (broad SMARTS) is 1. The number of benzene rings is 1. The summed E-state index contributed by atoms with van der Waals surface area (Å²) in [6, 6.07) is 5.28. The number of anilines is 1. The van der Waals surface area contributed by atoms with Crippen LogP contribution in [0.2, 0.25) is 0 Å². The van der Waals surface area contributed by atoms with Crippen LogP contribution >= 0.6 is 0 Å².